The highest BCUT2D eigenvalue weighted by molar-refractivity contribution is 7.80. The number of rotatable bonds is 46. The van der Waals surface area contributed by atoms with E-state index in [1.807, 2.05) is 0 Å². The predicted octanol–water partition coefficient (Wildman–Crippen LogP) is -3.83. The van der Waals surface area contributed by atoms with Crippen molar-refractivity contribution in [2.75, 3.05) is 18.1 Å². The van der Waals surface area contributed by atoms with Crippen LogP contribution in [0.2, 0.25) is 0 Å². The largest absolute Gasteiger partial charge is 0.481 e. The van der Waals surface area contributed by atoms with E-state index in [1.165, 1.54) is 0 Å². The molecular weight excluding hydrogens is 1370 g/mol. The highest BCUT2D eigenvalue weighted by Crippen LogP contribution is 2.21. The summed E-state index contributed by atoms with van der Waals surface area (Å²) in [5, 5.41) is 67.1. The van der Waals surface area contributed by atoms with E-state index in [9.17, 15) is 97.1 Å². The lowest BCUT2D eigenvalue weighted by Crippen LogP contribution is -2.62. The van der Waals surface area contributed by atoms with Gasteiger partial charge in [0.2, 0.25) is 76.8 Å². The first-order valence-electron chi connectivity index (χ1n) is 32.8. The molecule has 562 valence electrons. The third-order valence-electron chi connectivity index (χ3n) is 15.9. The van der Waals surface area contributed by atoms with E-state index in [0.29, 0.717) is 28.5 Å². The van der Waals surface area contributed by atoms with Gasteiger partial charge in [-0.15, -0.1) is 0 Å². The highest BCUT2D eigenvalue weighted by Gasteiger charge is 2.38. The number of aliphatic hydroxyl groups excluding tert-OH is 1. The summed E-state index contributed by atoms with van der Waals surface area (Å²) < 4.78 is 0. The molecule has 0 unspecified atom stereocenters. The Balaban J connectivity index is 1.96. The number of thiol groups is 2. The molecule has 2 aromatic carbocycles. The van der Waals surface area contributed by atoms with Crippen LogP contribution in [-0.4, -0.2) is 211 Å². The first-order valence-corrected chi connectivity index (χ1v) is 34.0. The summed E-state index contributed by atoms with van der Waals surface area (Å²) in [6.45, 7) is 8.72. The number of aromatic nitrogens is 1. The Kier molecular flexibility index (Phi) is 36.4. The second-order valence-electron chi connectivity index (χ2n) is 25.2. The number of carboxylic acid groups (broad SMARTS) is 3. The first kappa shape index (κ1) is 86.3. The molecule has 35 nitrogen and oxygen atoms in total. The van der Waals surface area contributed by atoms with Gasteiger partial charge in [-0.05, 0) is 60.6 Å². The summed E-state index contributed by atoms with van der Waals surface area (Å²) in [4.78, 5) is 217. The van der Waals surface area contributed by atoms with Gasteiger partial charge in [0.15, 0.2) is 0 Å². The molecule has 1 heterocycles. The van der Waals surface area contributed by atoms with Crippen LogP contribution in [-0.2, 0) is 89.6 Å². The topological polar surface area (TPSA) is 580 Å². The molecule has 0 radical (unpaired) electrons. The van der Waals surface area contributed by atoms with Gasteiger partial charge in [-0.3, -0.25) is 71.9 Å². The fourth-order valence-electron chi connectivity index (χ4n) is 10.2. The molecule has 13 atom stereocenters. The van der Waals surface area contributed by atoms with E-state index in [0.717, 1.165) is 0 Å². The molecule has 0 saturated carbocycles. The number of nitrogens with one attached hydrogen (secondary N) is 12. The molecule has 3 rings (SSSR count). The third-order valence-corrected chi connectivity index (χ3v) is 16.6. The van der Waals surface area contributed by atoms with Crippen LogP contribution in [0.25, 0.3) is 10.9 Å². The van der Waals surface area contributed by atoms with Crippen LogP contribution in [0.3, 0.4) is 0 Å². The molecule has 0 fully saturated rings. The quantitative estimate of drug-likeness (QED) is 0.0241. The lowest BCUT2D eigenvalue weighted by atomic mass is 9.99. The monoisotopic (exact) mass is 1470 g/mol. The van der Waals surface area contributed by atoms with E-state index >= 15 is 0 Å². The maximum Gasteiger partial charge on any atom is 0.326 e. The minimum Gasteiger partial charge on any atom is -0.481 e. The number of aromatic amines is 1. The van der Waals surface area contributed by atoms with Crippen molar-refractivity contribution in [2.45, 2.75) is 185 Å². The number of hydrogen-bond acceptors (Lipinski definition) is 20. The Bertz CT molecular complexity index is 3450. The molecule has 22 N–H and O–H groups in total. The Morgan fingerprint density at radius 3 is 1.32 bits per heavy atom. The molecule has 1 aromatic heterocycles. The highest BCUT2D eigenvalue weighted by atomic mass is 32.1. The number of primary amides is 2. The molecule has 3 aromatic rings. The number of carbonyl (C=O) groups is 16. The van der Waals surface area contributed by atoms with E-state index in [1.54, 1.807) is 102 Å². The van der Waals surface area contributed by atoms with Crippen molar-refractivity contribution < 1.29 is 97.1 Å². The summed E-state index contributed by atoms with van der Waals surface area (Å²) in [5.74, 6) is -20.4. The van der Waals surface area contributed by atoms with Crippen molar-refractivity contribution in [3.63, 3.8) is 0 Å². The Hall–Kier alpha value is -9.88. The average molecular weight is 1470 g/mol. The van der Waals surface area contributed by atoms with Crippen LogP contribution in [0.1, 0.15) is 110 Å². The van der Waals surface area contributed by atoms with E-state index < -0.39 is 224 Å². The second kappa shape index (κ2) is 43.0. The predicted molar refractivity (Wildman–Crippen MR) is 374 cm³/mol. The van der Waals surface area contributed by atoms with Gasteiger partial charge < -0.3 is 101 Å². The third kappa shape index (κ3) is 29.4. The number of aliphatic hydroxyl groups is 1. The van der Waals surface area contributed by atoms with Gasteiger partial charge in [0.05, 0.1) is 25.5 Å². The number of hydrogen-bond donors (Lipinski definition) is 21. The Morgan fingerprint density at radius 1 is 0.451 bits per heavy atom. The van der Waals surface area contributed by atoms with Gasteiger partial charge in [0.1, 0.15) is 66.5 Å². The van der Waals surface area contributed by atoms with Gasteiger partial charge >= 0.3 is 17.9 Å². The summed E-state index contributed by atoms with van der Waals surface area (Å²) >= 11 is 8.33. The van der Waals surface area contributed by atoms with Crippen LogP contribution in [0.15, 0.2) is 60.8 Å². The zero-order valence-corrected chi connectivity index (χ0v) is 59.1. The van der Waals surface area contributed by atoms with Crippen LogP contribution >= 0.6 is 25.3 Å². The number of para-hydroxylation sites is 1. The maximum atomic E-state index is 14.5. The number of nitrogens with two attached hydrogens (primary N) is 3. The molecule has 13 amide bonds. The summed E-state index contributed by atoms with van der Waals surface area (Å²) in [6, 6.07) is -4.69. The van der Waals surface area contributed by atoms with Crippen LogP contribution < -0.4 is 75.7 Å². The Labute approximate surface area is 598 Å². The van der Waals surface area contributed by atoms with Crippen molar-refractivity contribution >= 4 is 131 Å². The molecule has 0 aliphatic rings. The van der Waals surface area contributed by atoms with Crippen LogP contribution in [0, 0.1) is 17.8 Å². The molecule has 0 aliphatic heterocycles. The zero-order chi connectivity index (χ0) is 76.7. The van der Waals surface area contributed by atoms with Gasteiger partial charge in [0, 0.05) is 54.3 Å². The molecular formula is C65H95N15O20S2. The van der Waals surface area contributed by atoms with Gasteiger partial charge in [-0.25, -0.2) is 4.79 Å². The summed E-state index contributed by atoms with van der Waals surface area (Å²) in [6.07, 6.45) is -3.32. The summed E-state index contributed by atoms with van der Waals surface area (Å²) in [7, 11) is 0. The number of amides is 13. The van der Waals surface area contributed by atoms with E-state index in [2.05, 4.69) is 88.7 Å². The average Bonchev–Trinajstić information content (AvgIpc) is 1.69. The number of benzene rings is 2. The fourth-order valence-corrected chi connectivity index (χ4v) is 10.7. The van der Waals surface area contributed by atoms with Crippen molar-refractivity contribution in [1.82, 2.24) is 63.5 Å². The molecule has 102 heavy (non-hydrogen) atoms. The van der Waals surface area contributed by atoms with Gasteiger partial charge in [0.25, 0.3) is 0 Å². The van der Waals surface area contributed by atoms with Crippen molar-refractivity contribution in [1.29, 1.82) is 0 Å². The van der Waals surface area contributed by atoms with Crippen LogP contribution in [0.5, 0.6) is 0 Å². The maximum absolute atomic E-state index is 14.5. The number of carboxylic acids is 3. The lowest BCUT2D eigenvalue weighted by molar-refractivity contribution is -0.144. The minimum atomic E-state index is -2.10. The smallest absolute Gasteiger partial charge is 0.326 e. The van der Waals surface area contributed by atoms with E-state index in [4.69, 9.17) is 17.2 Å². The number of aliphatic carboxylic acids is 3. The number of H-pyrrole nitrogens is 1. The molecule has 0 bridgehead atoms. The molecule has 0 aliphatic carbocycles. The fraction of sp³-hybridized carbons (Fsp3) is 0.538. The lowest BCUT2D eigenvalue weighted by Gasteiger charge is -2.28. The summed E-state index contributed by atoms with van der Waals surface area (Å²) in [5.41, 5.74) is 17.9. The van der Waals surface area contributed by atoms with Crippen molar-refractivity contribution in [2.24, 2.45) is 35.0 Å². The van der Waals surface area contributed by atoms with E-state index in [-0.39, 0.29) is 43.1 Å². The van der Waals surface area contributed by atoms with Crippen LogP contribution in [0.4, 0.5) is 0 Å². The molecule has 0 saturated heterocycles. The standard InChI is InChI=1S/C65H95N15O20S2/c1-7-33(6)53(65(99)100)80-64(98)48(30-102)79-59(93)43(23-34-13-9-8-10-14-34)74-56(90)39(17-19-49(67)82)70-55(89)40(18-20-51(84)85)71-57(91)41(21-31(2)3)72-61(95)45(26-52(86)87)76-62(96)46(28-81)77-60(94)44(24-35-27-69-38-16-12-11-15-36(35)38)75-58(92)42(22-32(4)5)73-63(97)47(29-101)78-54(88)37(66)25-50(68)83/h8-16,27,31-33,37,39-48,53,69,81,101-102H,7,17-26,28-30,66H2,1-6H3,(H2,67,82)(H2,68,83)(H,70,89)(H,71,91)(H,72,95)(H,73,97)(H,74,90)(H,75,92)(H,76,96)(H,77,94)(H,78,88)(H,79,93)(H,80,98)(H,84,85)(H,86,87)(H,99,100)/t33-,37-,39-,40-,41-,42-,43-,44-,45-,46-,47-,48-,53-/m0/s1. The van der Waals surface area contributed by atoms with Crippen molar-refractivity contribution in [3.8, 4) is 0 Å². The van der Waals surface area contributed by atoms with Gasteiger partial charge in [-0.2, -0.15) is 25.3 Å². The number of carbonyl (C=O) groups excluding carboxylic acids is 13. The number of fused-ring (bicyclic) bond motifs is 1. The van der Waals surface area contributed by atoms with Gasteiger partial charge in [-0.1, -0.05) is 96.5 Å². The second-order valence-corrected chi connectivity index (χ2v) is 25.9. The zero-order valence-electron chi connectivity index (χ0n) is 57.3. The molecule has 0 spiro atoms. The minimum absolute atomic E-state index is 0.0471. The van der Waals surface area contributed by atoms with Crippen molar-refractivity contribution in [3.05, 3.63) is 71.9 Å². The molecule has 37 heteroatoms. The normalized spacial score (nSPS) is 15.0. The SMILES string of the molecule is CC[C@H](C)[C@H](NC(=O)[C@H](CS)NC(=O)[C@H](Cc1ccccc1)NC(=O)[C@H](CCC(N)=O)NC(=O)[C@H](CCC(=O)O)NC(=O)[C@H](CC(C)C)NC(=O)[C@H](CC(=O)O)NC(=O)[C@H](CO)NC(=O)[C@H](Cc1c[nH]c2ccccc12)NC(=O)[C@H](CC(C)C)NC(=O)[C@H](CS)NC(=O)[C@@H](N)CC(N)=O)C(=O)O. The Morgan fingerprint density at radius 2 is 0.853 bits per heavy atom. The first-order chi connectivity index (χ1) is 48.0.